The van der Waals surface area contributed by atoms with Gasteiger partial charge in [-0.1, -0.05) is 23.2 Å². The number of nitrogens with zero attached hydrogens (tertiary/aromatic N) is 3. The summed E-state index contributed by atoms with van der Waals surface area (Å²) in [5, 5.41) is 7.70. The molecule has 3 aromatic rings. The molecule has 3 rings (SSSR count). The van der Waals surface area contributed by atoms with E-state index in [9.17, 15) is 4.79 Å². The fourth-order valence-electron chi connectivity index (χ4n) is 1.95. The molecule has 0 aliphatic rings. The molecule has 0 radical (unpaired) electrons. The van der Waals surface area contributed by atoms with Crippen molar-refractivity contribution in [1.82, 2.24) is 14.8 Å². The Hall–Kier alpha value is -2.37. The molecule has 1 N–H and O–H groups in total. The Morgan fingerprint density at radius 1 is 1.09 bits per heavy atom. The van der Waals surface area contributed by atoms with Crippen LogP contribution in [-0.2, 0) is 0 Å². The highest BCUT2D eigenvalue weighted by Crippen LogP contribution is 2.21. The van der Waals surface area contributed by atoms with E-state index in [0.717, 1.165) is 0 Å². The van der Waals surface area contributed by atoms with Crippen molar-refractivity contribution >= 4 is 34.8 Å². The maximum Gasteiger partial charge on any atom is 0.255 e. The molecule has 22 heavy (non-hydrogen) atoms. The summed E-state index contributed by atoms with van der Waals surface area (Å²) in [4.78, 5) is 16.6. The first-order valence-corrected chi connectivity index (χ1v) is 7.11. The van der Waals surface area contributed by atoms with E-state index in [1.54, 1.807) is 59.7 Å². The summed E-state index contributed by atoms with van der Waals surface area (Å²) in [6.45, 7) is 0. The summed E-state index contributed by atoms with van der Waals surface area (Å²) in [5.41, 5.74) is 0.903. The van der Waals surface area contributed by atoms with Gasteiger partial charge in [0.15, 0.2) is 5.82 Å². The van der Waals surface area contributed by atoms with Crippen LogP contribution in [0.3, 0.4) is 0 Å². The zero-order chi connectivity index (χ0) is 15.5. The van der Waals surface area contributed by atoms with Crippen LogP contribution >= 0.6 is 23.2 Å². The fourth-order valence-corrected chi connectivity index (χ4v) is 2.48. The predicted molar refractivity (Wildman–Crippen MR) is 85.8 cm³/mol. The van der Waals surface area contributed by atoms with Gasteiger partial charge in [0.2, 0.25) is 0 Å². The van der Waals surface area contributed by atoms with Crippen molar-refractivity contribution in [2.45, 2.75) is 0 Å². The summed E-state index contributed by atoms with van der Waals surface area (Å²) >= 11 is 11.8. The molecule has 0 aliphatic carbocycles. The lowest BCUT2D eigenvalue weighted by Crippen LogP contribution is -2.14. The van der Waals surface area contributed by atoms with Crippen LogP contribution in [0.15, 0.2) is 55.0 Å². The van der Waals surface area contributed by atoms with E-state index < -0.39 is 0 Å². The monoisotopic (exact) mass is 332 g/mol. The summed E-state index contributed by atoms with van der Waals surface area (Å²) in [7, 11) is 0. The SMILES string of the molecule is O=C(Nc1cccnc1-n1cccn1)c1cc(Cl)cc(Cl)c1. The number of amides is 1. The number of carbonyl (C=O) groups excluding carboxylic acids is 1. The first-order chi connectivity index (χ1) is 10.6. The van der Waals surface area contributed by atoms with Crippen LogP contribution in [0.2, 0.25) is 10.0 Å². The van der Waals surface area contributed by atoms with Gasteiger partial charge in [0.1, 0.15) is 0 Å². The smallest absolute Gasteiger partial charge is 0.255 e. The van der Waals surface area contributed by atoms with Crippen molar-refractivity contribution in [2.24, 2.45) is 0 Å². The Balaban J connectivity index is 1.92. The molecule has 0 atom stereocenters. The number of rotatable bonds is 3. The zero-order valence-corrected chi connectivity index (χ0v) is 12.7. The molecule has 1 amide bonds. The third-order valence-corrected chi connectivity index (χ3v) is 3.32. The summed E-state index contributed by atoms with van der Waals surface area (Å²) in [5.74, 6) is 0.194. The quantitative estimate of drug-likeness (QED) is 0.792. The first kappa shape index (κ1) is 14.6. The van der Waals surface area contributed by atoms with Gasteiger partial charge in [-0.3, -0.25) is 4.79 Å². The lowest BCUT2D eigenvalue weighted by Gasteiger charge is -2.10. The van der Waals surface area contributed by atoms with Gasteiger partial charge < -0.3 is 5.32 Å². The Labute approximate surface area is 136 Å². The molecule has 2 heterocycles. The van der Waals surface area contributed by atoms with Gasteiger partial charge in [0, 0.05) is 34.2 Å². The number of pyridine rings is 1. The molecule has 7 heteroatoms. The highest BCUT2D eigenvalue weighted by molar-refractivity contribution is 6.35. The number of halogens is 2. The molecule has 0 saturated heterocycles. The van der Waals surface area contributed by atoms with Gasteiger partial charge >= 0.3 is 0 Å². The van der Waals surface area contributed by atoms with Crippen LogP contribution in [-0.4, -0.2) is 20.7 Å². The molecule has 0 saturated carbocycles. The molecular weight excluding hydrogens is 323 g/mol. The number of benzene rings is 1. The Bertz CT molecular complexity index is 798. The molecule has 2 aromatic heterocycles. The van der Waals surface area contributed by atoms with Crippen LogP contribution in [0.1, 0.15) is 10.4 Å². The molecule has 0 spiro atoms. The second kappa shape index (κ2) is 6.17. The molecule has 5 nitrogen and oxygen atoms in total. The van der Waals surface area contributed by atoms with E-state index in [0.29, 0.717) is 27.1 Å². The van der Waals surface area contributed by atoms with E-state index >= 15 is 0 Å². The first-order valence-electron chi connectivity index (χ1n) is 6.36. The number of nitrogens with one attached hydrogen (secondary N) is 1. The third-order valence-electron chi connectivity index (χ3n) is 2.88. The average Bonchev–Trinajstić information content (AvgIpc) is 3.01. The Kier molecular flexibility index (Phi) is 4.09. The summed E-state index contributed by atoms with van der Waals surface area (Å²) < 4.78 is 1.57. The van der Waals surface area contributed by atoms with Crippen LogP contribution in [0.5, 0.6) is 0 Å². The Morgan fingerprint density at radius 3 is 2.55 bits per heavy atom. The standard InChI is InChI=1S/C15H10Cl2N4O/c16-11-7-10(8-12(17)9-11)15(22)20-13-3-1-4-18-14(13)21-6-2-5-19-21/h1-9H,(H,20,22). The van der Waals surface area contributed by atoms with Gasteiger partial charge in [-0.25, -0.2) is 9.67 Å². The highest BCUT2D eigenvalue weighted by Gasteiger charge is 2.12. The minimum Gasteiger partial charge on any atom is -0.319 e. The lowest BCUT2D eigenvalue weighted by atomic mass is 10.2. The maximum atomic E-state index is 12.4. The summed E-state index contributed by atoms with van der Waals surface area (Å²) in [6, 6.07) is 9.91. The molecular formula is C15H10Cl2N4O. The van der Waals surface area contributed by atoms with Crippen LogP contribution in [0.4, 0.5) is 5.69 Å². The van der Waals surface area contributed by atoms with Gasteiger partial charge in [-0.05, 0) is 36.4 Å². The van der Waals surface area contributed by atoms with Crippen molar-refractivity contribution in [3.8, 4) is 5.82 Å². The second-order valence-corrected chi connectivity index (χ2v) is 5.31. The van der Waals surface area contributed by atoms with Crippen molar-refractivity contribution in [3.05, 3.63) is 70.6 Å². The maximum absolute atomic E-state index is 12.4. The normalized spacial score (nSPS) is 10.5. The molecule has 0 aliphatic heterocycles. The number of anilines is 1. The molecule has 0 bridgehead atoms. The van der Waals surface area contributed by atoms with Crippen molar-refractivity contribution in [1.29, 1.82) is 0 Å². The lowest BCUT2D eigenvalue weighted by molar-refractivity contribution is 0.102. The second-order valence-electron chi connectivity index (χ2n) is 4.44. The van der Waals surface area contributed by atoms with E-state index in [4.69, 9.17) is 23.2 Å². The molecule has 0 unspecified atom stereocenters. The molecule has 1 aromatic carbocycles. The van der Waals surface area contributed by atoms with E-state index in [-0.39, 0.29) is 5.91 Å². The topological polar surface area (TPSA) is 59.8 Å². The van der Waals surface area contributed by atoms with E-state index in [1.807, 2.05) is 0 Å². The number of hydrogen-bond donors (Lipinski definition) is 1. The fraction of sp³-hybridized carbons (Fsp3) is 0. The number of carbonyl (C=O) groups is 1. The zero-order valence-electron chi connectivity index (χ0n) is 11.2. The van der Waals surface area contributed by atoms with Gasteiger partial charge in [0.25, 0.3) is 5.91 Å². The largest absolute Gasteiger partial charge is 0.319 e. The number of aromatic nitrogens is 3. The molecule has 110 valence electrons. The summed E-state index contributed by atoms with van der Waals surface area (Å²) in [6.07, 6.45) is 5.01. The van der Waals surface area contributed by atoms with Crippen LogP contribution in [0, 0.1) is 0 Å². The predicted octanol–water partition coefficient (Wildman–Crippen LogP) is 3.83. The van der Waals surface area contributed by atoms with Crippen LogP contribution < -0.4 is 5.32 Å². The van der Waals surface area contributed by atoms with Crippen molar-refractivity contribution in [2.75, 3.05) is 5.32 Å². The van der Waals surface area contributed by atoms with Crippen LogP contribution in [0.25, 0.3) is 5.82 Å². The molecule has 0 fully saturated rings. The van der Waals surface area contributed by atoms with Gasteiger partial charge in [-0.2, -0.15) is 5.10 Å². The average molecular weight is 333 g/mol. The van der Waals surface area contributed by atoms with Gasteiger partial charge in [-0.15, -0.1) is 0 Å². The highest BCUT2D eigenvalue weighted by atomic mass is 35.5. The Morgan fingerprint density at radius 2 is 1.86 bits per heavy atom. The van der Waals surface area contributed by atoms with Gasteiger partial charge in [0.05, 0.1) is 5.69 Å². The van der Waals surface area contributed by atoms with E-state index in [1.165, 1.54) is 0 Å². The van der Waals surface area contributed by atoms with E-state index in [2.05, 4.69) is 15.4 Å². The van der Waals surface area contributed by atoms with Crippen molar-refractivity contribution < 1.29 is 4.79 Å². The minimum atomic E-state index is -0.328. The third kappa shape index (κ3) is 3.10. The minimum absolute atomic E-state index is 0.328. The number of hydrogen-bond acceptors (Lipinski definition) is 3. The van der Waals surface area contributed by atoms with Crippen molar-refractivity contribution in [3.63, 3.8) is 0 Å².